The lowest BCUT2D eigenvalue weighted by molar-refractivity contribution is -0.137. The molecule has 1 aliphatic rings. The molecule has 0 unspecified atom stereocenters. The standard InChI is InChI=1S/C13H10F3N3O/c14-13(15,16)9-3-1-8(2-4-9)7-19-11-6-17-12(20)10(11)5-18-19/h1-5H,6-7H2,(H,17,20). The number of fused-ring (bicyclic) bond motifs is 1. The van der Waals surface area contributed by atoms with Gasteiger partial charge in [0.15, 0.2) is 0 Å². The van der Waals surface area contributed by atoms with E-state index in [1.165, 1.54) is 18.3 Å². The molecule has 7 heteroatoms. The third-order valence-corrected chi connectivity index (χ3v) is 3.22. The molecule has 0 aliphatic carbocycles. The highest BCUT2D eigenvalue weighted by Gasteiger charge is 2.30. The zero-order valence-electron chi connectivity index (χ0n) is 10.2. The van der Waals surface area contributed by atoms with Crippen molar-refractivity contribution >= 4 is 5.91 Å². The molecule has 0 radical (unpaired) electrons. The number of rotatable bonds is 2. The van der Waals surface area contributed by atoms with E-state index in [0.717, 1.165) is 17.8 Å². The predicted octanol–water partition coefficient (Wildman–Crippen LogP) is 2.19. The Hall–Kier alpha value is -2.31. The Morgan fingerprint density at radius 2 is 1.95 bits per heavy atom. The maximum absolute atomic E-state index is 12.5. The fraction of sp³-hybridized carbons (Fsp3) is 0.231. The topological polar surface area (TPSA) is 46.9 Å². The van der Waals surface area contributed by atoms with E-state index < -0.39 is 11.7 Å². The Morgan fingerprint density at radius 1 is 1.25 bits per heavy atom. The van der Waals surface area contributed by atoms with Crippen molar-refractivity contribution in [1.29, 1.82) is 0 Å². The van der Waals surface area contributed by atoms with Crippen LogP contribution in [0.15, 0.2) is 30.5 Å². The number of halogens is 3. The second-order valence-electron chi connectivity index (χ2n) is 4.54. The largest absolute Gasteiger partial charge is 0.416 e. The van der Waals surface area contributed by atoms with Gasteiger partial charge >= 0.3 is 6.18 Å². The predicted molar refractivity (Wildman–Crippen MR) is 63.9 cm³/mol. The van der Waals surface area contributed by atoms with Crippen molar-refractivity contribution in [2.45, 2.75) is 19.3 Å². The second-order valence-corrected chi connectivity index (χ2v) is 4.54. The summed E-state index contributed by atoms with van der Waals surface area (Å²) in [6.07, 6.45) is -2.86. The van der Waals surface area contributed by atoms with Gasteiger partial charge in [-0.25, -0.2) is 0 Å². The summed E-state index contributed by atoms with van der Waals surface area (Å²) in [5.74, 6) is -0.168. The Kier molecular flexibility index (Phi) is 2.77. The molecule has 3 rings (SSSR count). The van der Waals surface area contributed by atoms with E-state index in [1.807, 2.05) is 0 Å². The molecular formula is C13H10F3N3O. The second kappa shape index (κ2) is 4.36. The first kappa shape index (κ1) is 12.7. The summed E-state index contributed by atoms with van der Waals surface area (Å²) in [6, 6.07) is 4.92. The summed E-state index contributed by atoms with van der Waals surface area (Å²) >= 11 is 0. The highest BCUT2D eigenvalue weighted by atomic mass is 19.4. The molecule has 1 N–H and O–H groups in total. The Bertz CT molecular complexity index is 658. The van der Waals surface area contributed by atoms with Crippen molar-refractivity contribution in [3.8, 4) is 0 Å². The van der Waals surface area contributed by atoms with E-state index in [9.17, 15) is 18.0 Å². The van der Waals surface area contributed by atoms with Gasteiger partial charge in [-0.3, -0.25) is 9.48 Å². The number of nitrogens with zero attached hydrogens (tertiary/aromatic N) is 2. The minimum atomic E-state index is -4.33. The van der Waals surface area contributed by atoms with Crippen LogP contribution < -0.4 is 5.32 Å². The quantitative estimate of drug-likeness (QED) is 0.917. The highest BCUT2D eigenvalue weighted by Crippen LogP contribution is 2.29. The van der Waals surface area contributed by atoms with Gasteiger partial charge in [-0.15, -0.1) is 0 Å². The average Bonchev–Trinajstić information content (AvgIpc) is 2.94. The van der Waals surface area contributed by atoms with Crippen molar-refractivity contribution in [3.63, 3.8) is 0 Å². The maximum atomic E-state index is 12.5. The molecule has 0 saturated carbocycles. The lowest BCUT2D eigenvalue weighted by Gasteiger charge is -2.09. The highest BCUT2D eigenvalue weighted by molar-refractivity contribution is 5.97. The number of nitrogens with one attached hydrogen (secondary N) is 1. The average molecular weight is 281 g/mol. The molecule has 1 aliphatic heterocycles. The number of hydrogen-bond donors (Lipinski definition) is 1. The van der Waals surface area contributed by atoms with Crippen LogP contribution in [-0.4, -0.2) is 15.7 Å². The Labute approximate surface area is 112 Å². The summed E-state index contributed by atoms with van der Waals surface area (Å²) in [5.41, 5.74) is 1.30. The van der Waals surface area contributed by atoms with Gasteiger partial charge in [-0.05, 0) is 17.7 Å². The van der Waals surface area contributed by atoms with E-state index in [-0.39, 0.29) is 5.91 Å². The van der Waals surface area contributed by atoms with Crippen LogP contribution in [0.25, 0.3) is 0 Å². The fourth-order valence-corrected chi connectivity index (χ4v) is 2.15. The van der Waals surface area contributed by atoms with Crippen molar-refractivity contribution in [2.24, 2.45) is 0 Å². The molecule has 1 amide bonds. The van der Waals surface area contributed by atoms with Gasteiger partial charge in [0.05, 0.1) is 36.1 Å². The Balaban J connectivity index is 1.82. The molecule has 0 fully saturated rings. The first-order chi connectivity index (χ1) is 9.45. The lowest BCUT2D eigenvalue weighted by atomic mass is 10.1. The molecule has 2 heterocycles. The first-order valence-electron chi connectivity index (χ1n) is 5.94. The molecule has 0 spiro atoms. The van der Waals surface area contributed by atoms with Crippen molar-refractivity contribution < 1.29 is 18.0 Å². The van der Waals surface area contributed by atoms with Crippen LogP contribution in [0.5, 0.6) is 0 Å². The Morgan fingerprint density at radius 3 is 2.60 bits per heavy atom. The number of aromatic nitrogens is 2. The van der Waals surface area contributed by atoms with E-state index in [1.54, 1.807) is 4.68 Å². The van der Waals surface area contributed by atoms with Crippen molar-refractivity contribution in [3.05, 3.63) is 52.8 Å². The van der Waals surface area contributed by atoms with Crippen LogP contribution >= 0.6 is 0 Å². The lowest BCUT2D eigenvalue weighted by Crippen LogP contribution is -2.14. The number of carbonyl (C=O) groups is 1. The van der Waals surface area contributed by atoms with Crippen LogP contribution in [0, 0.1) is 0 Å². The number of benzene rings is 1. The van der Waals surface area contributed by atoms with E-state index in [4.69, 9.17) is 0 Å². The van der Waals surface area contributed by atoms with Gasteiger partial charge < -0.3 is 5.32 Å². The third-order valence-electron chi connectivity index (χ3n) is 3.22. The zero-order chi connectivity index (χ0) is 14.3. The monoisotopic (exact) mass is 281 g/mol. The summed E-state index contributed by atoms with van der Waals surface area (Å²) in [5, 5.41) is 6.76. The molecule has 0 bridgehead atoms. The minimum Gasteiger partial charge on any atom is -0.346 e. The molecule has 20 heavy (non-hydrogen) atoms. The van der Waals surface area contributed by atoms with Crippen molar-refractivity contribution in [2.75, 3.05) is 0 Å². The summed E-state index contributed by atoms with van der Waals surface area (Å²) in [7, 11) is 0. The van der Waals surface area contributed by atoms with Gasteiger partial charge in [-0.1, -0.05) is 12.1 Å². The minimum absolute atomic E-state index is 0.168. The number of alkyl halides is 3. The first-order valence-corrected chi connectivity index (χ1v) is 5.94. The van der Waals surface area contributed by atoms with Crippen LogP contribution in [0.4, 0.5) is 13.2 Å². The van der Waals surface area contributed by atoms with E-state index >= 15 is 0 Å². The SMILES string of the molecule is O=C1NCc2c1cnn2Cc1ccc(C(F)(F)F)cc1. The normalized spacial score (nSPS) is 14.2. The van der Waals surface area contributed by atoms with E-state index in [2.05, 4.69) is 10.4 Å². The summed E-state index contributed by atoms with van der Waals surface area (Å²) < 4.78 is 39.0. The smallest absolute Gasteiger partial charge is 0.346 e. The fourth-order valence-electron chi connectivity index (χ4n) is 2.15. The number of amides is 1. The number of hydrogen-bond acceptors (Lipinski definition) is 2. The molecule has 0 atom stereocenters. The molecular weight excluding hydrogens is 271 g/mol. The van der Waals surface area contributed by atoms with Crippen LogP contribution in [0.2, 0.25) is 0 Å². The van der Waals surface area contributed by atoms with Gasteiger partial charge in [0, 0.05) is 0 Å². The molecule has 4 nitrogen and oxygen atoms in total. The van der Waals surface area contributed by atoms with Gasteiger partial charge in [0.2, 0.25) is 0 Å². The molecule has 1 aromatic heterocycles. The summed E-state index contributed by atoms with van der Waals surface area (Å²) in [6.45, 7) is 0.733. The van der Waals surface area contributed by atoms with E-state index in [0.29, 0.717) is 24.2 Å². The van der Waals surface area contributed by atoms with Gasteiger partial charge in [0.1, 0.15) is 0 Å². The van der Waals surface area contributed by atoms with Crippen LogP contribution in [0.1, 0.15) is 27.2 Å². The molecule has 104 valence electrons. The van der Waals surface area contributed by atoms with Gasteiger partial charge in [0.25, 0.3) is 5.91 Å². The molecule has 2 aromatic rings. The molecule has 1 aromatic carbocycles. The van der Waals surface area contributed by atoms with Gasteiger partial charge in [-0.2, -0.15) is 18.3 Å². The van der Waals surface area contributed by atoms with Crippen LogP contribution in [-0.2, 0) is 19.3 Å². The summed E-state index contributed by atoms with van der Waals surface area (Å²) in [4.78, 5) is 11.4. The van der Waals surface area contributed by atoms with Crippen LogP contribution in [0.3, 0.4) is 0 Å². The number of carbonyl (C=O) groups excluding carboxylic acids is 1. The zero-order valence-corrected chi connectivity index (χ0v) is 10.2. The maximum Gasteiger partial charge on any atom is 0.416 e. The van der Waals surface area contributed by atoms with Crippen molar-refractivity contribution in [1.82, 2.24) is 15.1 Å². The molecule has 0 saturated heterocycles. The third kappa shape index (κ3) is 2.15.